The zero-order valence-corrected chi connectivity index (χ0v) is 13.1. The topological polar surface area (TPSA) is 60.2 Å². The first-order valence-electron chi connectivity index (χ1n) is 6.63. The van der Waals surface area contributed by atoms with Crippen LogP contribution in [0, 0.1) is 10.1 Å². The van der Waals surface area contributed by atoms with Crippen LogP contribution in [0.5, 0.6) is 0 Å². The molecule has 0 saturated heterocycles. The predicted molar refractivity (Wildman–Crippen MR) is 83.6 cm³/mol. The van der Waals surface area contributed by atoms with Gasteiger partial charge in [-0.1, -0.05) is 17.8 Å². The summed E-state index contributed by atoms with van der Waals surface area (Å²) in [6.45, 7) is 1.43. The van der Waals surface area contributed by atoms with Gasteiger partial charge in [-0.15, -0.1) is 11.3 Å². The van der Waals surface area contributed by atoms with Gasteiger partial charge in [-0.3, -0.25) is 14.9 Å². The third-order valence-electron chi connectivity index (χ3n) is 3.50. The maximum absolute atomic E-state index is 11.4. The summed E-state index contributed by atoms with van der Waals surface area (Å²) in [6.07, 6.45) is 3.37. The molecule has 0 atom stereocenters. The van der Waals surface area contributed by atoms with E-state index < -0.39 is 4.92 Å². The van der Waals surface area contributed by atoms with Gasteiger partial charge in [0, 0.05) is 11.0 Å². The molecule has 0 radical (unpaired) electrons. The molecule has 1 aliphatic rings. The van der Waals surface area contributed by atoms with Gasteiger partial charge in [0.2, 0.25) is 0 Å². The summed E-state index contributed by atoms with van der Waals surface area (Å²) in [6, 6.07) is 7.61. The van der Waals surface area contributed by atoms with Crippen molar-refractivity contribution < 1.29 is 9.72 Å². The molecule has 0 N–H and O–H groups in total. The second-order valence-corrected chi connectivity index (χ2v) is 7.38. The van der Waals surface area contributed by atoms with E-state index in [0.717, 1.165) is 17.7 Å². The average Bonchev–Trinajstić information content (AvgIpc) is 3.04. The molecule has 0 spiro atoms. The van der Waals surface area contributed by atoms with Crippen molar-refractivity contribution in [1.82, 2.24) is 0 Å². The van der Waals surface area contributed by atoms with Crippen LogP contribution in [-0.4, -0.2) is 10.7 Å². The summed E-state index contributed by atoms with van der Waals surface area (Å²) in [7, 11) is 0. The number of fused-ring (bicyclic) bond motifs is 1. The smallest absolute Gasteiger partial charge is 0.294 e. The summed E-state index contributed by atoms with van der Waals surface area (Å²) in [4.78, 5) is 23.6. The molecule has 1 aromatic carbocycles. The average molecular weight is 319 g/mol. The number of benzene rings is 1. The molecule has 2 aromatic rings. The first kappa shape index (κ1) is 14.3. The third kappa shape index (κ3) is 2.87. The van der Waals surface area contributed by atoms with Gasteiger partial charge >= 0.3 is 0 Å². The second-order valence-electron chi connectivity index (χ2n) is 4.98. The zero-order valence-electron chi connectivity index (χ0n) is 11.4. The van der Waals surface area contributed by atoms with Gasteiger partial charge in [0.05, 0.1) is 9.80 Å². The molecule has 0 unspecified atom stereocenters. The van der Waals surface area contributed by atoms with Gasteiger partial charge in [-0.25, -0.2) is 0 Å². The predicted octanol–water partition coefficient (Wildman–Crippen LogP) is 4.50. The van der Waals surface area contributed by atoms with Crippen molar-refractivity contribution in [3.05, 3.63) is 50.4 Å². The molecular weight excluding hydrogens is 306 g/mol. The highest BCUT2D eigenvalue weighted by Crippen LogP contribution is 2.42. The van der Waals surface area contributed by atoms with Crippen LogP contribution < -0.4 is 0 Å². The minimum atomic E-state index is -0.418. The minimum Gasteiger partial charge on any atom is -0.294 e. The first-order valence-corrected chi connectivity index (χ1v) is 8.26. The van der Waals surface area contributed by atoms with E-state index in [-0.39, 0.29) is 11.5 Å². The van der Waals surface area contributed by atoms with Crippen LogP contribution in [0.25, 0.3) is 0 Å². The normalized spacial score (nSPS) is 13.2. The fraction of sp³-hybridized carbons (Fsp3) is 0.267. The Labute approximate surface area is 130 Å². The standard InChI is InChI=1S/C15H13NO3S2/c1-9(17)14-8-13(16(18)19)15(21-14)20-12-6-5-10-3-2-4-11(10)7-12/h5-8H,2-4H2,1H3. The maximum atomic E-state index is 11.4. The summed E-state index contributed by atoms with van der Waals surface area (Å²) in [5, 5.41) is 11.1. The van der Waals surface area contributed by atoms with Gasteiger partial charge < -0.3 is 0 Å². The third-order valence-corrected chi connectivity index (χ3v) is 5.91. The quantitative estimate of drug-likeness (QED) is 0.473. The lowest BCUT2D eigenvalue weighted by Crippen LogP contribution is -1.88. The molecule has 0 bridgehead atoms. The van der Waals surface area contributed by atoms with Crippen LogP contribution in [0.4, 0.5) is 5.69 Å². The molecule has 6 heteroatoms. The van der Waals surface area contributed by atoms with Crippen LogP contribution >= 0.6 is 23.1 Å². The Kier molecular flexibility index (Phi) is 3.82. The molecule has 0 fully saturated rings. The van der Waals surface area contributed by atoms with E-state index in [1.54, 1.807) is 0 Å². The van der Waals surface area contributed by atoms with Crippen LogP contribution in [0.1, 0.15) is 34.1 Å². The molecule has 108 valence electrons. The van der Waals surface area contributed by atoms with Crippen molar-refractivity contribution in [2.75, 3.05) is 0 Å². The SMILES string of the molecule is CC(=O)c1cc([N+](=O)[O-])c(Sc2ccc3c(c2)CCC3)s1. The van der Waals surface area contributed by atoms with Crippen molar-refractivity contribution in [3.63, 3.8) is 0 Å². The van der Waals surface area contributed by atoms with E-state index in [9.17, 15) is 14.9 Å². The summed E-state index contributed by atoms with van der Waals surface area (Å²) < 4.78 is 0.572. The summed E-state index contributed by atoms with van der Waals surface area (Å²) >= 11 is 2.57. The molecule has 1 aromatic heterocycles. The molecule has 0 amide bonds. The van der Waals surface area contributed by atoms with Crippen LogP contribution in [0.2, 0.25) is 0 Å². The van der Waals surface area contributed by atoms with Gasteiger partial charge in [0.1, 0.15) is 4.21 Å². The lowest BCUT2D eigenvalue weighted by Gasteiger charge is -2.03. The number of thiophene rings is 1. The molecule has 0 aliphatic heterocycles. The molecular formula is C15H13NO3S2. The number of hydrogen-bond acceptors (Lipinski definition) is 5. The van der Waals surface area contributed by atoms with Crippen LogP contribution in [0.3, 0.4) is 0 Å². The van der Waals surface area contributed by atoms with Gasteiger partial charge in [-0.05, 0) is 49.4 Å². The second kappa shape index (κ2) is 5.61. The van der Waals surface area contributed by atoms with E-state index in [0.29, 0.717) is 9.09 Å². The monoisotopic (exact) mass is 319 g/mol. The largest absolute Gasteiger partial charge is 0.294 e. The fourth-order valence-electron chi connectivity index (χ4n) is 2.46. The molecule has 1 heterocycles. The van der Waals surface area contributed by atoms with Crippen LogP contribution in [-0.2, 0) is 12.8 Å². The van der Waals surface area contributed by atoms with Crippen molar-refractivity contribution in [3.8, 4) is 0 Å². The Bertz CT molecular complexity index is 737. The Balaban J connectivity index is 1.93. The van der Waals surface area contributed by atoms with Crippen molar-refractivity contribution in [2.45, 2.75) is 35.3 Å². The fourth-order valence-corrected chi connectivity index (χ4v) is 4.72. The number of rotatable bonds is 4. The summed E-state index contributed by atoms with van der Waals surface area (Å²) in [5.74, 6) is -0.135. The highest BCUT2D eigenvalue weighted by atomic mass is 32.2. The Morgan fingerprint density at radius 3 is 2.76 bits per heavy atom. The zero-order chi connectivity index (χ0) is 15.0. The highest BCUT2D eigenvalue weighted by Gasteiger charge is 2.22. The first-order chi connectivity index (χ1) is 10.0. The van der Waals surface area contributed by atoms with E-state index >= 15 is 0 Å². The number of aryl methyl sites for hydroxylation is 2. The lowest BCUT2D eigenvalue weighted by atomic mass is 10.1. The maximum Gasteiger partial charge on any atom is 0.294 e. The van der Waals surface area contributed by atoms with Crippen molar-refractivity contribution >= 4 is 34.6 Å². The van der Waals surface area contributed by atoms with E-state index in [2.05, 4.69) is 12.1 Å². The lowest BCUT2D eigenvalue weighted by molar-refractivity contribution is -0.387. The molecule has 21 heavy (non-hydrogen) atoms. The van der Waals surface area contributed by atoms with Crippen molar-refractivity contribution in [2.24, 2.45) is 0 Å². The number of Topliss-reactive ketones (excluding diaryl/α,β-unsaturated/α-hetero) is 1. The number of hydrogen-bond donors (Lipinski definition) is 0. The van der Waals surface area contributed by atoms with Crippen molar-refractivity contribution in [1.29, 1.82) is 0 Å². The Hall–Kier alpha value is -1.66. The number of ketones is 1. The number of carbonyl (C=O) groups excluding carboxylic acids is 1. The molecule has 3 rings (SSSR count). The van der Waals surface area contributed by atoms with Gasteiger partial charge in [0.15, 0.2) is 5.78 Å². The number of nitrogens with zero attached hydrogens (tertiary/aromatic N) is 1. The Morgan fingerprint density at radius 2 is 2.05 bits per heavy atom. The summed E-state index contributed by atoms with van der Waals surface area (Å²) in [5.41, 5.74) is 2.74. The molecule has 1 aliphatic carbocycles. The highest BCUT2D eigenvalue weighted by molar-refractivity contribution is 8.01. The van der Waals surface area contributed by atoms with E-state index in [1.807, 2.05) is 6.07 Å². The van der Waals surface area contributed by atoms with Crippen LogP contribution in [0.15, 0.2) is 33.4 Å². The van der Waals surface area contributed by atoms with E-state index in [1.165, 1.54) is 53.6 Å². The molecule has 0 saturated carbocycles. The molecule has 4 nitrogen and oxygen atoms in total. The number of nitro groups is 1. The van der Waals surface area contributed by atoms with Gasteiger partial charge in [0.25, 0.3) is 5.69 Å². The number of carbonyl (C=O) groups is 1. The Morgan fingerprint density at radius 1 is 1.29 bits per heavy atom. The van der Waals surface area contributed by atoms with Gasteiger partial charge in [-0.2, -0.15) is 0 Å². The minimum absolute atomic E-state index is 0.0238. The van der Waals surface area contributed by atoms with E-state index in [4.69, 9.17) is 0 Å².